The van der Waals surface area contributed by atoms with Gasteiger partial charge in [-0.1, -0.05) is 25.8 Å². The summed E-state index contributed by atoms with van der Waals surface area (Å²) in [6.07, 6.45) is -1.60. The molecule has 0 heterocycles. The molecule has 20 heavy (non-hydrogen) atoms. The van der Waals surface area contributed by atoms with Gasteiger partial charge in [-0.3, -0.25) is 11.3 Å². The zero-order valence-corrected chi connectivity index (χ0v) is 11.2. The van der Waals surface area contributed by atoms with Crippen molar-refractivity contribution in [2.45, 2.75) is 38.4 Å². The van der Waals surface area contributed by atoms with Crippen LogP contribution in [0.3, 0.4) is 0 Å². The van der Waals surface area contributed by atoms with E-state index in [1.807, 2.05) is 0 Å². The maximum absolute atomic E-state index is 13.6. The van der Waals surface area contributed by atoms with E-state index in [-0.39, 0.29) is 12.0 Å². The maximum Gasteiger partial charge on any atom is 0.419 e. The van der Waals surface area contributed by atoms with Crippen LogP contribution in [-0.2, 0) is 6.18 Å². The first-order valence-electron chi connectivity index (χ1n) is 6.67. The average molecular weight is 290 g/mol. The Hall–Kier alpha value is -1.14. The minimum atomic E-state index is -4.67. The van der Waals surface area contributed by atoms with Gasteiger partial charge in [-0.2, -0.15) is 13.2 Å². The van der Waals surface area contributed by atoms with Gasteiger partial charge in [0.1, 0.15) is 5.82 Å². The second-order valence-corrected chi connectivity index (χ2v) is 5.45. The number of benzene rings is 1. The number of rotatable bonds is 3. The van der Waals surface area contributed by atoms with E-state index in [4.69, 9.17) is 5.84 Å². The molecule has 3 atom stereocenters. The van der Waals surface area contributed by atoms with Crippen molar-refractivity contribution in [1.82, 2.24) is 5.43 Å². The molecule has 1 aliphatic carbocycles. The molecule has 112 valence electrons. The van der Waals surface area contributed by atoms with Crippen LogP contribution in [0.5, 0.6) is 0 Å². The van der Waals surface area contributed by atoms with Gasteiger partial charge in [-0.25, -0.2) is 4.39 Å². The molecule has 0 saturated heterocycles. The highest BCUT2D eigenvalue weighted by atomic mass is 19.4. The lowest BCUT2D eigenvalue weighted by Crippen LogP contribution is -2.34. The van der Waals surface area contributed by atoms with Crippen LogP contribution in [-0.4, -0.2) is 0 Å². The normalized spacial score (nSPS) is 24.9. The number of hydrazine groups is 1. The van der Waals surface area contributed by atoms with Crippen molar-refractivity contribution in [2.75, 3.05) is 0 Å². The van der Waals surface area contributed by atoms with E-state index < -0.39 is 17.6 Å². The zero-order chi connectivity index (χ0) is 14.9. The number of hydrogen-bond donors (Lipinski definition) is 2. The van der Waals surface area contributed by atoms with Gasteiger partial charge in [0.05, 0.1) is 5.56 Å². The van der Waals surface area contributed by atoms with E-state index >= 15 is 0 Å². The Bertz CT molecular complexity index is 473. The second kappa shape index (κ2) is 5.69. The summed E-state index contributed by atoms with van der Waals surface area (Å²) in [7, 11) is 0. The molecule has 1 saturated carbocycles. The van der Waals surface area contributed by atoms with Crippen molar-refractivity contribution in [1.29, 1.82) is 0 Å². The Labute approximate surface area is 115 Å². The molecule has 0 aromatic heterocycles. The lowest BCUT2D eigenvalue weighted by Gasteiger charge is -2.27. The first-order valence-corrected chi connectivity index (χ1v) is 6.67. The molecule has 3 unspecified atom stereocenters. The quantitative estimate of drug-likeness (QED) is 0.505. The molecule has 1 aromatic carbocycles. The van der Waals surface area contributed by atoms with Crippen LogP contribution in [0.25, 0.3) is 0 Å². The Morgan fingerprint density at radius 2 is 2.00 bits per heavy atom. The van der Waals surface area contributed by atoms with E-state index in [9.17, 15) is 17.6 Å². The number of alkyl halides is 3. The van der Waals surface area contributed by atoms with Gasteiger partial charge in [0.15, 0.2) is 0 Å². The fourth-order valence-corrected chi connectivity index (χ4v) is 3.09. The average Bonchev–Trinajstić information content (AvgIpc) is 2.75. The summed E-state index contributed by atoms with van der Waals surface area (Å²) in [5, 5.41) is 0. The number of halogens is 4. The molecule has 1 aliphatic rings. The molecular formula is C14H18F4N2. The Morgan fingerprint density at radius 1 is 1.30 bits per heavy atom. The second-order valence-electron chi connectivity index (χ2n) is 5.45. The fourth-order valence-electron chi connectivity index (χ4n) is 3.09. The smallest absolute Gasteiger partial charge is 0.271 e. The summed E-state index contributed by atoms with van der Waals surface area (Å²) in [5.74, 6) is 4.91. The van der Waals surface area contributed by atoms with Crippen molar-refractivity contribution in [2.24, 2.45) is 17.7 Å². The molecule has 0 aliphatic heterocycles. The van der Waals surface area contributed by atoms with Crippen LogP contribution in [0.2, 0.25) is 0 Å². The van der Waals surface area contributed by atoms with Gasteiger partial charge < -0.3 is 0 Å². The zero-order valence-electron chi connectivity index (χ0n) is 11.2. The van der Waals surface area contributed by atoms with Crippen LogP contribution < -0.4 is 11.3 Å². The van der Waals surface area contributed by atoms with E-state index in [2.05, 4.69) is 12.3 Å². The highest BCUT2D eigenvalue weighted by molar-refractivity contribution is 5.29. The Balaban J connectivity index is 2.30. The molecule has 0 spiro atoms. The van der Waals surface area contributed by atoms with Gasteiger partial charge >= 0.3 is 6.18 Å². The monoisotopic (exact) mass is 290 g/mol. The van der Waals surface area contributed by atoms with Gasteiger partial charge in [-0.15, -0.1) is 0 Å². The summed E-state index contributed by atoms with van der Waals surface area (Å²) in [4.78, 5) is 0. The van der Waals surface area contributed by atoms with Crippen molar-refractivity contribution in [3.8, 4) is 0 Å². The molecule has 2 rings (SSSR count). The Kier molecular flexibility index (Phi) is 4.34. The highest BCUT2D eigenvalue weighted by Gasteiger charge is 2.36. The predicted molar refractivity (Wildman–Crippen MR) is 68.0 cm³/mol. The van der Waals surface area contributed by atoms with Crippen LogP contribution in [0.1, 0.15) is 43.4 Å². The standard InChI is InChI=1S/C14H18F4N2/c1-8-3-2-4-10(8)13(20-19)9-5-6-11(12(15)7-9)14(16,17)18/h5-8,10,13,20H,2-4,19H2,1H3. The lowest BCUT2D eigenvalue weighted by atomic mass is 9.86. The highest BCUT2D eigenvalue weighted by Crippen LogP contribution is 2.40. The fraction of sp³-hybridized carbons (Fsp3) is 0.571. The molecule has 1 fully saturated rings. The number of nitrogens with two attached hydrogens (primary N) is 1. The molecule has 0 amide bonds. The lowest BCUT2D eigenvalue weighted by molar-refractivity contribution is -0.140. The topological polar surface area (TPSA) is 38.0 Å². The third-order valence-electron chi connectivity index (χ3n) is 4.19. The number of hydrogen-bond acceptors (Lipinski definition) is 2. The third kappa shape index (κ3) is 2.96. The third-order valence-corrected chi connectivity index (χ3v) is 4.19. The van der Waals surface area contributed by atoms with Crippen LogP contribution in [0.15, 0.2) is 18.2 Å². The van der Waals surface area contributed by atoms with E-state index in [0.29, 0.717) is 11.5 Å². The molecule has 0 bridgehead atoms. The largest absolute Gasteiger partial charge is 0.419 e. The van der Waals surface area contributed by atoms with Crippen LogP contribution in [0.4, 0.5) is 17.6 Å². The summed E-state index contributed by atoms with van der Waals surface area (Å²) in [6, 6.07) is 2.72. The summed E-state index contributed by atoms with van der Waals surface area (Å²) >= 11 is 0. The Morgan fingerprint density at radius 3 is 2.45 bits per heavy atom. The molecule has 1 aromatic rings. The van der Waals surface area contributed by atoms with E-state index in [0.717, 1.165) is 31.4 Å². The number of nitrogens with one attached hydrogen (secondary N) is 1. The minimum Gasteiger partial charge on any atom is -0.271 e. The summed E-state index contributed by atoms with van der Waals surface area (Å²) < 4.78 is 51.3. The van der Waals surface area contributed by atoms with Gasteiger partial charge in [0.25, 0.3) is 0 Å². The molecule has 0 radical (unpaired) electrons. The molecule has 3 N–H and O–H groups in total. The first-order chi connectivity index (χ1) is 9.34. The van der Waals surface area contributed by atoms with Crippen molar-refractivity contribution in [3.63, 3.8) is 0 Å². The van der Waals surface area contributed by atoms with Crippen LogP contribution >= 0.6 is 0 Å². The predicted octanol–water partition coefficient (Wildman–Crippen LogP) is 3.79. The minimum absolute atomic E-state index is 0.219. The molecule has 2 nitrogen and oxygen atoms in total. The SMILES string of the molecule is CC1CCCC1C(NN)c1ccc(C(F)(F)F)c(F)c1. The molecule has 6 heteroatoms. The van der Waals surface area contributed by atoms with Crippen LogP contribution in [0, 0.1) is 17.7 Å². The van der Waals surface area contributed by atoms with Crippen molar-refractivity contribution in [3.05, 3.63) is 35.1 Å². The summed E-state index contributed by atoms with van der Waals surface area (Å²) in [5.41, 5.74) is 1.86. The maximum atomic E-state index is 13.6. The van der Waals surface area contributed by atoms with Gasteiger partial charge in [0.2, 0.25) is 0 Å². The van der Waals surface area contributed by atoms with Gasteiger partial charge in [0, 0.05) is 6.04 Å². The van der Waals surface area contributed by atoms with Crippen molar-refractivity contribution < 1.29 is 17.6 Å². The first kappa shape index (κ1) is 15.3. The van der Waals surface area contributed by atoms with Gasteiger partial charge in [-0.05, 0) is 36.0 Å². The van der Waals surface area contributed by atoms with Crippen molar-refractivity contribution >= 4 is 0 Å². The van der Waals surface area contributed by atoms with E-state index in [1.54, 1.807) is 0 Å². The molecular weight excluding hydrogens is 272 g/mol. The van der Waals surface area contributed by atoms with E-state index in [1.165, 1.54) is 6.07 Å². The summed E-state index contributed by atoms with van der Waals surface area (Å²) in [6.45, 7) is 2.09.